The summed E-state index contributed by atoms with van der Waals surface area (Å²) in [6.45, 7) is 13.4. The molecule has 0 bridgehead atoms. The fourth-order valence-electron chi connectivity index (χ4n) is 4.43. The molecule has 1 fully saturated rings. The number of likely N-dealkylation sites (tertiary alicyclic amines) is 1. The molecule has 1 amide bonds. The highest BCUT2D eigenvalue weighted by atomic mass is 16.6. The summed E-state index contributed by atoms with van der Waals surface area (Å²) in [7, 11) is 0. The molecule has 8 heteroatoms. The van der Waals surface area contributed by atoms with E-state index in [0.29, 0.717) is 39.3 Å². The molecule has 3 rings (SSSR count). The minimum Gasteiger partial charge on any atom is -0.494 e. The molecule has 0 saturated carbocycles. The van der Waals surface area contributed by atoms with Crippen molar-refractivity contribution in [1.82, 2.24) is 4.90 Å². The highest BCUT2D eigenvalue weighted by Gasteiger charge is 2.35. The van der Waals surface area contributed by atoms with Gasteiger partial charge in [0.05, 0.1) is 32.5 Å². The third-order valence-electron chi connectivity index (χ3n) is 6.17. The molecule has 220 valence electrons. The van der Waals surface area contributed by atoms with Gasteiger partial charge in [0.1, 0.15) is 23.6 Å². The van der Waals surface area contributed by atoms with Gasteiger partial charge in [-0.25, -0.2) is 9.59 Å². The number of amides is 1. The number of ether oxygens (including phenoxy) is 5. The largest absolute Gasteiger partial charge is 0.494 e. The van der Waals surface area contributed by atoms with Crippen LogP contribution in [0.25, 0.3) is 0 Å². The van der Waals surface area contributed by atoms with E-state index in [2.05, 4.69) is 0 Å². The van der Waals surface area contributed by atoms with E-state index in [0.717, 1.165) is 23.3 Å². The molecule has 0 radical (unpaired) electrons. The summed E-state index contributed by atoms with van der Waals surface area (Å²) in [6.07, 6.45) is 0.700. The summed E-state index contributed by atoms with van der Waals surface area (Å²) in [4.78, 5) is 26.7. The molecule has 8 nitrogen and oxygen atoms in total. The van der Waals surface area contributed by atoms with Crippen molar-refractivity contribution in [3.05, 3.63) is 65.7 Å². The Bertz CT molecular complexity index is 1060. The smallest absolute Gasteiger partial charge is 0.410 e. The number of nitrogens with zero attached hydrogens (tertiary/aromatic N) is 1. The number of hydrogen-bond donors (Lipinski definition) is 0. The molecular weight excluding hydrogens is 510 g/mol. The molecule has 0 aliphatic carbocycles. The second-order valence-corrected chi connectivity index (χ2v) is 12.1. The van der Waals surface area contributed by atoms with Crippen LogP contribution < -0.4 is 4.74 Å². The number of rotatable bonds is 11. The first-order chi connectivity index (χ1) is 18.9. The summed E-state index contributed by atoms with van der Waals surface area (Å²) < 4.78 is 28.7. The van der Waals surface area contributed by atoms with E-state index in [9.17, 15) is 9.59 Å². The van der Waals surface area contributed by atoms with Crippen LogP contribution in [0.3, 0.4) is 0 Å². The molecule has 2 aromatic rings. The Hall–Kier alpha value is -3.10. The van der Waals surface area contributed by atoms with Crippen molar-refractivity contribution < 1.29 is 33.3 Å². The zero-order valence-electron chi connectivity index (χ0n) is 24.8. The summed E-state index contributed by atoms with van der Waals surface area (Å²) >= 11 is 0. The van der Waals surface area contributed by atoms with Gasteiger partial charge >= 0.3 is 12.1 Å². The SMILES string of the molecule is CC(C)(C)OC(=O)COC1CN(C(=O)OC(C)(C)C)CCC1c1ccc(OCCCOCc2ccccc2)cc1. The topological polar surface area (TPSA) is 83.5 Å². The van der Waals surface area contributed by atoms with E-state index in [1.165, 1.54) is 0 Å². The van der Waals surface area contributed by atoms with Crippen molar-refractivity contribution in [2.45, 2.75) is 84.2 Å². The van der Waals surface area contributed by atoms with Crippen LogP contribution in [-0.2, 0) is 30.3 Å². The predicted octanol–water partition coefficient (Wildman–Crippen LogP) is 6.12. The maximum absolute atomic E-state index is 12.7. The van der Waals surface area contributed by atoms with E-state index >= 15 is 0 Å². The molecule has 1 saturated heterocycles. The zero-order valence-corrected chi connectivity index (χ0v) is 24.8. The number of carbonyl (C=O) groups excluding carboxylic acids is 2. The summed E-state index contributed by atoms with van der Waals surface area (Å²) in [5, 5.41) is 0. The van der Waals surface area contributed by atoms with E-state index in [-0.39, 0.29) is 24.7 Å². The Kier molecular flexibility index (Phi) is 11.4. The van der Waals surface area contributed by atoms with Crippen molar-refractivity contribution in [3.63, 3.8) is 0 Å². The Labute approximate surface area is 238 Å². The predicted molar refractivity (Wildman–Crippen MR) is 153 cm³/mol. The van der Waals surface area contributed by atoms with Gasteiger partial charge in [-0.3, -0.25) is 0 Å². The minimum atomic E-state index is -0.598. The van der Waals surface area contributed by atoms with Crippen LogP contribution in [0.5, 0.6) is 5.75 Å². The number of piperidine rings is 1. The maximum Gasteiger partial charge on any atom is 0.410 e. The van der Waals surface area contributed by atoms with Crippen LogP contribution in [0, 0.1) is 0 Å². The second kappa shape index (κ2) is 14.5. The van der Waals surface area contributed by atoms with Crippen molar-refractivity contribution >= 4 is 12.1 Å². The van der Waals surface area contributed by atoms with Gasteiger partial charge in [0.2, 0.25) is 0 Å². The van der Waals surface area contributed by atoms with Crippen molar-refractivity contribution in [2.75, 3.05) is 32.9 Å². The van der Waals surface area contributed by atoms with Gasteiger partial charge in [0, 0.05) is 18.9 Å². The Morgan fingerprint density at radius 1 is 0.875 bits per heavy atom. The van der Waals surface area contributed by atoms with Gasteiger partial charge < -0.3 is 28.6 Å². The molecular formula is C32H45NO7. The van der Waals surface area contributed by atoms with E-state index in [4.69, 9.17) is 23.7 Å². The molecule has 2 aromatic carbocycles. The lowest BCUT2D eigenvalue weighted by molar-refractivity contribution is -0.163. The fourth-order valence-corrected chi connectivity index (χ4v) is 4.43. The van der Waals surface area contributed by atoms with E-state index in [1.807, 2.05) is 96.1 Å². The molecule has 0 spiro atoms. The van der Waals surface area contributed by atoms with Crippen LogP contribution >= 0.6 is 0 Å². The van der Waals surface area contributed by atoms with Gasteiger partial charge in [-0.05, 0) is 71.2 Å². The van der Waals surface area contributed by atoms with Gasteiger partial charge in [0.15, 0.2) is 0 Å². The van der Waals surface area contributed by atoms with Crippen LogP contribution in [-0.4, -0.2) is 67.2 Å². The Morgan fingerprint density at radius 2 is 1.55 bits per heavy atom. The van der Waals surface area contributed by atoms with Crippen LogP contribution in [0.4, 0.5) is 4.79 Å². The fraction of sp³-hybridized carbons (Fsp3) is 0.562. The molecule has 2 unspecified atom stereocenters. The van der Waals surface area contributed by atoms with Gasteiger partial charge in [-0.15, -0.1) is 0 Å². The first-order valence-electron chi connectivity index (χ1n) is 14.1. The molecule has 40 heavy (non-hydrogen) atoms. The highest BCUT2D eigenvalue weighted by molar-refractivity contribution is 5.71. The summed E-state index contributed by atoms with van der Waals surface area (Å²) in [5.74, 6) is 0.350. The van der Waals surface area contributed by atoms with E-state index < -0.39 is 17.2 Å². The van der Waals surface area contributed by atoms with Crippen LogP contribution in [0.15, 0.2) is 54.6 Å². The molecule has 1 aliphatic rings. The maximum atomic E-state index is 12.7. The lowest BCUT2D eigenvalue weighted by Crippen LogP contribution is -2.49. The first-order valence-corrected chi connectivity index (χ1v) is 14.1. The van der Waals surface area contributed by atoms with Gasteiger partial charge in [0.25, 0.3) is 0 Å². The molecule has 0 N–H and O–H groups in total. The molecule has 1 heterocycles. The summed E-state index contributed by atoms with van der Waals surface area (Å²) in [6, 6.07) is 18.1. The average Bonchev–Trinajstić information content (AvgIpc) is 2.88. The van der Waals surface area contributed by atoms with Crippen LogP contribution in [0.2, 0.25) is 0 Å². The normalized spacial score (nSPS) is 17.8. The van der Waals surface area contributed by atoms with Gasteiger partial charge in [-0.2, -0.15) is 0 Å². The zero-order chi connectivity index (χ0) is 29.2. The monoisotopic (exact) mass is 555 g/mol. The highest BCUT2D eigenvalue weighted by Crippen LogP contribution is 2.32. The lowest BCUT2D eigenvalue weighted by atomic mass is 9.87. The van der Waals surface area contributed by atoms with E-state index in [1.54, 1.807) is 4.90 Å². The number of carbonyl (C=O) groups is 2. The molecule has 2 atom stereocenters. The molecule has 1 aliphatic heterocycles. The lowest BCUT2D eigenvalue weighted by Gasteiger charge is -2.39. The molecule has 0 aromatic heterocycles. The second-order valence-electron chi connectivity index (χ2n) is 12.1. The standard InChI is InChI=1S/C32H45NO7/c1-31(2,3)39-29(34)23-38-28-21-33(30(35)40-32(4,5)6)18-17-27(28)25-13-15-26(16-14-25)37-20-10-19-36-22-24-11-8-7-9-12-24/h7-9,11-16,27-28H,10,17-23H2,1-6H3. The quantitative estimate of drug-likeness (QED) is 0.244. The van der Waals surface area contributed by atoms with Crippen LogP contribution in [0.1, 0.15) is 71.4 Å². The number of benzene rings is 2. The Morgan fingerprint density at radius 3 is 2.20 bits per heavy atom. The summed E-state index contributed by atoms with van der Waals surface area (Å²) in [5.41, 5.74) is 1.03. The first kappa shape index (κ1) is 31.4. The number of esters is 1. The minimum absolute atomic E-state index is 0.00144. The third kappa shape index (κ3) is 11.2. The average molecular weight is 556 g/mol. The van der Waals surface area contributed by atoms with Crippen molar-refractivity contribution in [2.24, 2.45) is 0 Å². The number of hydrogen-bond acceptors (Lipinski definition) is 7. The Balaban J connectivity index is 1.54. The van der Waals surface area contributed by atoms with Crippen molar-refractivity contribution in [3.8, 4) is 5.75 Å². The third-order valence-corrected chi connectivity index (χ3v) is 6.17. The van der Waals surface area contributed by atoms with Crippen molar-refractivity contribution in [1.29, 1.82) is 0 Å². The van der Waals surface area contributed by atoms with Gasteiger partial charge in [-0.1, -0.05) is 42.5 Å².